The van der Waals surface area contributed by atoms with Crippen molar-refractivity contribution >= 4 is 5.84 Å². The molecule has 1 heterocycles. The number of amidine groups is 1. The Hall–Kier alpha value is -0.770. The summed E-state index contributed by atoms with van der Waals surface area (Å²) in [5.41, 5.74) is 6.05. The molecule has 0 bridgehead atoms. The van der Waals surface area contributed by atoms with Crippen LogP contribution in [0.4, 0.5) is 0 Å². The summed E-state index contributed by atoms with van der Waals surface area (Å²) in [4.78, 5) is 2.33. The van der Waals surface area contributed by atoms with E-state index in [0.717, 1.165) is 19.5 Å². The molecule has 0 aliphatic carbocycles. The van der Waals surface area contributed by atoms with Crippen LogP contribution in [0.5, 0.6) is 0 Å². The average molecular weight is 213 g/mol. The van der Waals surface area contributed by atoms with Crippen LogP contribution >= 0.6 is 0 Å². The third kappa shape index (κ3) is 3.09. The number of hydrogen-bond acceptors (Lipinski definition) is 3. The lowest BCUT2D eigenvalue weighted by atomic mass is 9.83. The van der Waals surface area contributed by atoms with Crippen molar-refractivity contribution < 1.29 is 5.21 Å². The molecule has 1 atom stereocenters. The first-order chi connectivity index (χ1) is 7.00. The molecular formula is C11H23N3O. The maximum atomic E-state index is 8.73. The molecule has 0 amide bonds. The zero-order valence-corrected chi connectivity index (χ0v) is 10.0. The molecule has 4 nitrogen and oxygen atoms in total. The molecule has 0 aromatic carbocycles. The Morgan fingerprint density at radius 3 is 2.73 bits per heavy atom. The fraction of sp³-hybridized carbons (Fsp3) is 0.909. The average Bonchev–Trinajstić information content (AvgIpc) is 2.17. The van der Waals surface area contributed by atoms with E-state index in [9.17, 15) is 0 Å². The molecule has 0 spiro atoms. The van der Waals surface area contributed by atoms with E-state index in [2.05, 4.69) is 30.8 Å². The highest BCUT2D eigenvalue weighted by atomic mass is 16.4. The van der Waals surface area contributed by atoms with E-state index >= 15 is 0 Å². The monoisotopic (exact) mass is 213 g/mol. The Morgan fingerprint density at radius 2 is 2.27 bits per heavy atom. The van der Waals surface area contributed by atoms with Crippen molar-refractivity contribution in [1.29, 1.82) is 0 Å². The second-order valence-corrected chi connectivity index (χ2v) is 5.19. The quantitative estimate of drug-likeness (QED) is 0.324. The summed E-state index contributed by atoms with van der Waals surface area (Å²) < 4.78 is 0. The van der Waals surface area contributed by atoms with Gasteiger partial charge in [-0.15, -0.1) is 0 Å². The van der Waals surface area contributed by atoms with Gasteiger partial charge in [-0.3, -0.25) is 4.90 Å². The fourth-order valence-corrected chi connectivity index (χ4v) is 2.46. The summed E-state index contributed by atoms with van der Waals surface area (Å²) in [5.74, 6) is 0.343. The molecular weight excluding hydrogens is 190 g/mol. The van der Waals surface area contributed by atoms with Gasteiger partial charge in [-0.1, -0.05) is 25.9 Å². The van der Waals surface area contributed by atoms with E-state index in [-0.39, 0.29) is 6.04 Å². The van der Waals surface area contributed by atoms with E-state index in [4.69, 9.17) is 10.9 Å². The molecule has 1 aliphatic heterocycles. The molecule has 1 rings (SSSR count). The maximum Gasteiger partial charge on any atom is 0.156 e. The van der Waals surface area contributed by atoms with Crippen molar-refractivity contribution in [2.24, 2.45) is 16.3 Å². The summed E-state index contributed by atoms with van der Waals surface area (Å²) in [7, 11) is 0. The number of oxime groups is 1. The predicted octanol–water partition coefficient (Wildman–Crippen LogP) is 1.63. The van der Waals surface area contributed by atoms with Crippen LogP contribution in [-0.2, 0) is 0 Å². The number of piperidine rings is 1. The minimum Gasteiger partial charge on any atom is -0.409 e. The van der Waals surface area contributed by atoms with Crippen molar-refractivity contribution in [2.45, 2.75) is 46.1 Å². The third-order valence-electron chi connectivity index (χ3n) is 3.21. The topological polar surface area (TPSA) is 61.9 Å². The van der Waals surface area contributed by atoms with Gasteiger partial charge in [-0.2, -0.15) is 0 Å². The lowest BCUT2D eigenvalue weighted by Crippen LogP contribution is -2.51. The van der Waals surface area contributed by atoms with Gasteiger partial charge in [0.05, 0.1) is 6.04 Å². The number of hydrogen-bond donors (Lipinski definition) is 2. The van der Waals surface area contributed by atoms with Crippen LogP contribution in [-0.4, -0.2) is 35.1 Å². The Kier molecular flexibility index (Phi) is 3.97. The summed E-state index contributed by atoms with van der Waals surface area (Å²) >= 11 is 0. The second-order valence-electron chi connectivity index (χ2n) is 5.19. The molecule has 0 radical (unpaired) electrons. The lowest BCUT2D eigenvalue weighted by molar-refractivity contribution is 0.0978. The highest BCUT2D eigenvalue weighted by Gasteiger charge is 2.31. The summed E-state index contributed by atoms with van der Waals surface area (Å²) in [6.45, 7) is 8.71. The minimum absolute atomic E-state index is 0.0922. The summed E-state index contributed by atoms with van der Waals surface area (Å²) in [6, 6.07) is 0.0922. The molecule has 3 N–H and O–H groups in total. The molecule has 0 aromatic rings. The van der Waals surface area contributed by atoms with Crippen LogP contribution in [0.2, 0.25) is 0 Å². The van der Waals surface area contributed by atoms with E-state index in [0.29, 0.717) is 11.3 Å². The van der Waals surface area contributed by atoms with Gasteiger partial charge in [0.1, 0.15) is 0 Å². The number of nitrogens with two attached hydrogens (primary N) is 1. The molecule has 0 saturated carbocycles. The van der Waals surface area contributed by atoms with Crippen molar-refractivity contribution in [1.82, 2.24) is 4.90 Å². The van der Waals surface area contributed by atoms with Gasteiger partial charge in [0.2, 0.25) is 0 Å². The first kappa shape index (κ1) is 12.3. The van der Waals surface area contributed by atoms with Crippen LogP contribution in [0.1, 0.15) is 40.0 Å². The first-order valence-corrected chi connectivity index (χ1v) is 5.71. The molecule has 15 heavy (non-hydrogen) atoms. The molecule has 4 heteroatoms. The van der Waals surface area contributed by atoms with Crippen LogP contribution in [0, 0.1) is 5.41 Å². The van der Waals surface area contributed by atoms with E-state index < -0.39 is 0 Å². The third-order valence-corrected chi connectivity index (χ3v) is 3.21. The summed E-state index contributed by atoms with van der Waals surface area (Å²) in [6.07, 6.45) is 3.35. The minimum atomic E-state index is 0.0922. The van der Waals surface area contributed by atoms with Gasteiger partial charge < -0.3 is 10.9 Å². The first-order valence-electron chi connectivity index (χ1n) is 5.71. The second kappa shape index (κ2) is 4.84. The molecule has 1 aliphatic rings. The van der Waals surface area contributed by atoms with Crippen LogP contribution < -0.4 is 5.73 Å². The lowest BCUT2D eigenvalue weighted by Gasteiger charge is -2.41. The van der Waals surface area contributed by atoms with Crippen molar-refractivity contribution in [3.63, 3.8) is 0 Å². The van der Waals surface area contributed by atoms with Gasteiger partial charge in [0.25, 0.3) is 0 Å². The van der Waals surface area contributed by atoms with Crippen molar-refractivity contribution in [3.05, 3.63) is 0 Å². The van der Waals surface area contributed by atoms with Crippen LogP contribution in [0.25, 0.3) is 0 Å². The van der Waals surface area contributed by atoms with Gasteiger partial charge >= 0.3 is 0 Å². The molecule has 88 valence electrons. The SMILES string of the molecule is CCC(C(N)=NO)N1CCCC(C)(C)C1. The standard InChI is InChI=1S/C11H23N3O/c1-4-9(10(12)13-15)14-7-5-6-11(2,3)8-14/h9,15H,4-8H2,1-3H3,(H2,12,13). The highest BCUT2D eigenvalue weighted by Crippen LogP contribution is 2.29. The zero-order valence-electron chi connectivity index (χ0n) is 10.0. The molecule has 0 aromatic heterocycles. The van der Waals surface area contributed by atoms with Crippen LogP contribution in [0.15, 0.2) is 5.16 Å². The molecule has 1 saturated heterocycles. The fourth-order valence-electron chi connectivity index (χ4n) is 2.46. The van der Waals surface area contributed by atoms with Gasteiger partial charge in [0.15, 0.2) is 5.84 Å². The Morgan fingerprint density at radius 1 is 1.60 bits per heavy atom. The zero-order chi connectivity index (χ0) is 11.5. The normalized spacial score (nSPS) is 25.1. The van der Waals surface area contributed by atoms with Crippen LogP contribution in [0.3, 0.4) is 0 Å². The van der Waals surface area contributed by atoms with Crippen molar-refractivity contribution in [2.75, 3.05) is 13.1 Å². The molecule has 1 unspecified atom stereocenters. The largest absolute Gasteiger partial charge is 0.409 e. The van der Waals surface area contributed by atoms with E-state index in [1.165, 1.54) is 12.8 Å². The maximum absolute atomic E-state index is 8.73. The number of rotatable bonds is 3. The molecule has 1 fully saturated rings. The smallest absolute Gasteiger partial charge is 0.156 e. The Bertz CT molecular complexity index is 238. The number of likely N-dealkylation sites (tertiary alicyclic amines) is 1. The Labute approximate surface area is 92.1 Å². The summed E-state index contributed by atoms with van der Waals surface area (Å²) in [5, 5.41) is 11.9. The Balaban J connectivity index is 2.68. The van der Waals surface area contributed by atoms with E-state index in [1.54, 1.807) is 0 Å². The van der Waals surface area contributed by atoms with E-state index in [1.807, 2.05) is 0 Å². The highest BCUT2D eigenvalue weighted by molar-refractivity contribution is 5.85. The van der Waals surface area contributed by atoms with Gasteiger partial charge in [0, 0.05) is 6.54 Å². The number of nitrogens with zero attached hydrogens (tertiary/aromatic N) is 2. The van der Waals surface area contributed by atoms with Gasteiger partial charge in [-0.05, 0) is 31.2 Å². The van der Waals surface area contributed by atoms with Gasteiger partial charge in [-0.25, -0.2) is 0 Å². The predicted molar refractivity (Wildman–Crippen MR) is 62.1 cm³/mol. The van der Waals surface area contributed by atoms with Crippen molar-refractivity contribution in [3.8, 4) is 0 Å².